The van der Waals surface area contributed by atoms with Gasteiger partial charge in [-0.3, -0.25) is 4.79 Å². The van der Waals surface area contributed by atoms with Crippen molar-refractivity contribution in [3.05, 3.63) is 29.8 Å². The third kappa shape index (κ3) is 3.42. The molecule has 2 aromatic rings. The van der Waals surface area contributed by atoms with E-state index in [4.69, 9.17) is 0 Å². The van der Waals surface area contributed by atoms with Gasteiger partial charge in [-0.05, 0) is 42.5 Å². The number of aromatic nitrogens is 4. The molecule has 3 amide bonds. The molecule has 1 saturated heterocycles. The van der Waals surface area contributed by atoms with Crippen molar-refractivity contribution in [3.8, 4) is 5.69 Å². The Morgan fingerprint density at radius 1 is 1.36 bits per heavy atom. The summed E-state index contributed by atoms with van der Waals surface area (Å²) in [5.74, 6) is -0.313. The van der Waals surface area contributed by atoms with E-state index in [9.17, 15) is 14.0 Å². The molecule has 1 fully saturated rings. The Morgan fingerprint density at radius 3 is 2.76 bits per heavy atom. The van der Waals surface area contributed by atoms with Crippen LogP contribution >= 0.6 is 0 Å². The maximum atomic E-state index is 14.0. The van der Waals surface area contributed by atoms with E-state index in [1.54, 1.807) is 6.92 Å². The van der Waals surface area contributed by atoms with Gasteiger partial charge in [0.2, 0.25) is 5.91 Å². The Morgan fingerprint density at radius 2 is 2.12 bits per heavy atom. The number of nitrogens with one attached hydrogen (secondary N) is 2. The molecule has 0 saturated carbocycles. The number of carbonyl (C=O) groups excluding carboxylic acids is 2. The van der Waals surface area contributed by atoms with Crippen LogP contribution in [0.2, 0.25) is 0 Å². The molecule has 0 aliphatic carbocycles. The quantitative estimate of drug-likeness (QED) is 0.847. The molecule has 0 atom stereocenters. The first-order valence-corrected chi connectivity index (χ1v) is 7.88. The maximum Gasteiger partial charge on any atom is 0.321 e. The van der Waals surface area contributed by atoms with Crippen LogP contribution in [0.15, 0.2) is 18.2 Å². The van der Waals surface area contributed by atoms with Gasteiger partial charge in [0.1, 0.15) is 11.5 Å². The van der Waals surface area contributed by atoms with Crippen LogP contribution in [-0.4, -0.2) is 56.7 Å². The number of aryl methyl sites for hydroxylation is 1. The van der Waals surface area contributed by atoms with Crippen LogP contribution in [0.4, 0.5) is 14.9 Å². The zero-order valence-corrected chi connectivity index (χ0v) is 13.9. The molecule has 0 spiro atoms. The lowest BCUT2D eigenvalue weighted by Crippen LogP contribution is -2.56. The van der Waals surface area contributed by atoms with E-state index in [1.807, 2.05) is 6.92 Å². The molecule has 0 bridgehead atoms. The molecule has 2 heterocycles. The van der Waals surface area contributed by atoms with Gasteiger partial charge < -0.3 is 15.5 Å². The van der Waals surface area contributed by atoms with Gasteiger partial charge in [0.05, 0.1) is 5.92 Å². The summed E-state index contributed by atoms with van der Waals surface area (Å²) in [7, 11) is 0. The van der Waals surface area contributed by atoms with Crippen LogP contribution in [0.1, 0.15) is 12.7 Å². The van der Waals surface area contributed by atoms with Gasteiger partial charge >= 0.3 is 6.03 Å². The summed E-state index contributed by atoms with van der Waals surface area (Å²) in [5.41, 5.74) is 0.557. The largest absolute Gasteiger partial charge is 0.356 e. The molecule has 1 aliphatic heterocycles. The van der Waals surface area contributed by atoms with Gasteiger partial charge in [-0.1, -0.05) is 0 Å². The molecule has 10 heteroatoms. The SMILES string of the molecule is CCNC(=O)C1CN(C(=O)Nc2ccc(F)c(-n3nnnc3C)c2)C1. The lowest BCUT2D eigenvalue weighted by atomic mass is 10.00. The van der Waals surface area contributed by atoms with Gasteiger partial charge in [0, 0.05) is 25.3 Å². The van der Waals surface area contributed by atoms with Crippen molar-refractivity contribution >= 4 is 17.6 Å². The molecule has 3 rings (SSSR count). The molecule has 0 unspecified atom stereocenters. The first-order chi connectivity index (χ1) is 12.0. The predicted molar refractivity (Wildman–Crippen MR) is 86.6 cm³/mol. The third-order valence-electron chi connectivity index (χ3n) is 3.94. The van der Waals surface area contributed by atoms with Crippen molar-refractivity contribution in [2.24, 2.45) is 5.92 Å². The number of carbonyl (C=O) groups is 2. The van der Waals surface area contributed by atoms with Crippen LogP contribution in [0, 0.1) is 18.7 Å². The molecule has 25 heavy (non-hydrogen) atoms. The Hall–Kier alpha value is -3.04. The van der Waals surface area contributed by atoms with E-state index in [0.29, 0.717) is 31.1 Å². The zero-order chi connectivity index (χ0) is 18.0. The van der Waals surface area contributed by atoms with E-state index in [2.05, 4.69) is 26.2 Å². The summed E-state index contributed by atoms with van der Waals surface area (Å²) in [6.45, 7) is 4.78. The monoisotopic (exact) mass is 347 g/mol. The fraction of sp³-hybridized carbons (Fsp3) is 0.400. The number of halogens is 1. The van der Waals surface area contributed by atoms with Crippen molar-refractivity contribution in [2.75, 3.05) is 25.0 Å². The van der Waals surface area contributed by atoms with Crippen molar-refractivity contribution in [2.45, 2.75) is 13.8 Å². The van der Waals surface area contributed by atoms with Gasteiger partial charge in [0.25, 0.3) is 0 Å². The summed E-state index contributed by atoms with van der Waals surface area (Å²) in [6.07, 6.45) is 0. The van der Waals surface area contributed by atoms with E-state index >= 15 is 0 Å². The summed E-state index contributed by atoms with van der Waals surface area (Å²) >= 11 is 0. The molecule has 1 aromatic heterocycles. The fourth-order valence-corrected chi connectivity index (χ4v) is 2.54. The Kier molecular flexibility index (Phi) is 4.59. The highest BCUT2D eigenvalue weighted by Gasteiger charge is 2.35. The van der Waals surface area contributed by atoms with E-state index in [1.165, 1.54) is 27.8 Å². The number of rotatable bonds is 4. The molecular weight excluding hydrogens is 329 g/mol. The molecule has 1 aliphatic rings. The second-order valence-electron chi connectivity index (χ2n) is 5.73. The summed E-state index contributed by atoms with van der Waals surface area (Å²) < 4.78 is 15.3. The van der Waals surface area contributed by atoms with Crippen molar-refractivity contribution in [3.63, 3.8) is 0 Å². The van der Waals surface area contributed by atoms with E-state index in [0.717, 1.165) is 0 Å². The van der Waals surface area contributed by atoms with Crippen molar-refractivity contribution < 1.29 is 14.0 Å². The zero-order valence-electron chi connectivity index (χ0n) is 13.9. The number of benzene rings is 1. The normalized spacial score (nSPS) is 14.1. The number of likely N-dealkylation sites (tertiary alicyclic amines) is 1. The second kappa shape index (κ2) is 6.83. The first kappa shape index (κ1) is 16.8. The van der Waals surface area contributed by atoms with Crippen LogP contribution in [0.25, 0.3) is 5.69 Å². The highest BCUT2D eigenvalue weighted by molar-refractivity contribution is 5.92. The number of nitrogens with zero attached hydrogens (tertiary/aromatic N) is 5. The highest BCUT2D eigenvalue weighted by atomic mass is 19.1. The summed E-state index contributed by atoms with van der Waals surface area (Å²) in [5, 5.41) is 16.3. The Labute approximate surface area is 143 Å². The Balaban J connectivity index is 1.65. The standard InChI is InChI=1S/C15H18FN7O2/c1-3-17-14(24)10-7-22(8-10)15(25)18-11-4-5-12(16)13(6-11)23-9(2)19-20-21-23/h4-6,10H,3,7-8H2,1-2H3,(H,17,24)(H,18,25). The summed E-state index contributed by atoms with van der Waals surface area (Å²) in [4.78, 5) is 25.4. The van der Waals surface area contributed by atoms with E-state index < -0.39 is 5.82 Å². The number of amides is 3. The van der Waals surface area contributed by atoms with Crippen LogP contribution in [0.5, 0.6) is 0 Å². The maximum absolute atomic E-state index is 14.0. The predicted octanol–water partition coefficient (Wildman–Crippen LogP) is 0.710. The van der Waals surface area contributed by atoms with Crippen molar-refractivity contribution in [1.82, 2.24) is 30.4 Å². The Bertz CT molecular complexity index is 801. The van der Waals surface area contributed by atoms with Gasteiger partial charge in [0.15, 0.2) is 5.82 Å². The molecule has 9 nitrogen and oxygen atoms in total. The lowest BCUT2D eigenvalue weighted by molar-refractivity contribution is -0.128. The number of anilines is 1. The van der Waals surface area contributed by atoms with Crippen molar-refractivity contribution in [1.29, 1.82) is 0 Å². The summed E-state index contributed by atoms with van der Waals surface area (Å²) in [6, 6.07) is 3.81. The number of tetrazole rings is 1. The highest BCUT2D eigenvalue weighted by Crippen LogP contribution is 2.21. The van der Waals surface area contributed by atoms with Gasteiger partial charge in [-0.25, -0.2) is 9.18 Å². The lowest BCUT2D eigenvalue weighted by Gasteiger charge is -2.38. The third-order valence-corrected chi connectivity index (χ3v) is 3.94. The minimum atomic E-state index is -0.506. The molecule has 1 aromatic carbocycles. The van der Waals surface area contributed by atoms with Crippen LogP contribution in [0.3, 0.4) is 0 Å². The smallest absolute Gasteiger partial charge is 0.321 e. The fourth-order valence-electron chi connectivity index (χ4n) is 2.54. The number of urea groups is 1. The minimum Gasteiger partial charge on any atom is -0.356 e. The average Bonchev–Trinajstić information content (AvgIpc) is 2.94. The topological polar surface area (TPSA) is 105 Å². The molecule has 0 radical (unpaired) electrons. The van der Waals surface area contributed by atoms with E-state index in [-0.39, 0.29) is 23.5 Å². The molecule has 132 valence electrons. The number of hydrogen-bond donors (Lipinski definition) is 2. The van der Waals surface area contributed by atoms with Gasteiger partial charge in [-0.15, -0.1) is 5.10 Å². The van der Waals surface area contributed by atoms with Crippen LogP contribution < -0.4 is 10.6 Å². The first-order valence-electron chi connectivity index (χ1n) is 7.88. The van der Waals surface area contributed by atoms with Crippen LogP contribution in [-0.2, 0) is 4.79 Å². The molecular formula is C15H18FN7O2. The average molecular weight is 347 g/mol. The number of hydrogen-bond acceptors (Lipinski definition) is 5. The molecule has 2 N–H and O–H groups in total. The second-order valence-corrected chi connectivity index (χ2v) is 5.73. The van der Waals surface area contributed by atoms with Gasteiger partial charge in [-0.2, -0.15) is 4.68 Å². The minimum absolute atomic E-state index is 0.0511.